The van der Waals surface area contributed by atoms with Crippen LogP contribution in [0, 0.1) is 0 Å². The zero-order valence-electron chi connectivity index (χ0n) is 17.5. The number of anilines is 1. The minimum atomic E-state index is 0.288. The first-order valence-electron chi connectivity index (χ1n) is 10.5. The van der Waals surface area contributed by atoms with Crippen molar-refractivity contribution in [2.75, 3.05) is 5.73 Å². The zero-order valence-corrected chi connectivity index (χ0v) is 17.5. The van der Waals surface area contributed by atoms with E-state index >= 15 is 0 Å². The molecule has 6 heteroatoms. The number of para-hydroxylation sites is 1. The summed E-state index contributed by atoms with van der Waals surface area (Å²) in [5.41, 5.74) is 8.82. The van der Waals surface area contributed by atoms with Crippen LogP contribution in [0.4, 0.5) is 5.82 Å². The summed E-state index contributed by atoms with van der Waals surface area (Å²) >= 11 is 0. The SMILES string of the molecule is CCCC[C@H](CC)n1nc(-c2ccc(Oc3ccccc3)cc2)c2c(N)ncnc21. The lowest BCUT2D eigenvalue weighted by Crippen LogP contribution is -2.10. The maximum Gasteiger partial charge on any atom is 0.164 e. The molecule has 154 valence electrons. The summed E-state index contributed by atoms with van der Waals surface area (Å²) in [5, 5.41) is 5.76. The number of rotatable bonds is 8. The number of nitrogens with zero attached hydrogens (tertiary/aromatic N) is 4. The molecular formula is C24H27N5O. The third kappa shape index (κ3) is 3.99. The van der Waals surface area contributed by atoms with Gasteiger partial charge in [0.1, 0.15) is 29.3 Å². The van der Waals surface area contributed by atoms with E-state index in [2.05, 4.69) is 23.8 Å². The highest BCUT2D eigenvalue weighted by Gasteiger charge is 2.21. The predicted molar refractivity (Wildman–Crippen MR) is 121 cm³/mol. The van der Waals surface area contributed by atoms with Crippen molar-refractivity contribution in [1.82, 2.24) is 19.7 Å². The molecule has 0 spiro atoms. The van der Waals surface area contributed by atoms with Crippen LogP contribution >= 0.6 is 0 Å². The monoisotopic (exact) mass is 401 g/mol. The Balaban J connectivity index is 1.71. The largest absolute Gasteiger partial charge is 0.457 e. The molecule has 0 unspecified atom stereocenters. The lowest BCUT2D eigenvalue weighted by atomic mass is 10.1. The van der Waals surface area contributed by atoms with Crippen LogP contribution in [0.3, 0.4) is 0 Å². The van der Waals surface area contributed by atoms with Crippen molar-refractivity contribution < 1.29 is 4.74 Å². The van der Waals surface area contributed by atoms with E-state index in [-0.39, 0.29) is 6.04 Å². The van der Waals surface area contributed by atoms with E-state index in [0.717, 1.165) is 59.5 Å². The van der Waals surface area contributed by atoms with E-state index in [0.29, 0.717) is 5.82 Å². The highest BCUT2D eigenvalue weighted by Crippen LogP contribution is 2.34. The molecule has 0 aliphatic heterocycles. The third-order valence-corrected chi connectivity index (χ3v) is 5.33. The van der Waals surface area contributed by atoms with Crippen molar-refractivity contribution in [3.8, 4) is 22.8 Å². The summed E-state index contributed by atoms with van der Waals surface area (Å²) in [7, 11) is 0. The summed E-state index contributed by atoms with van der Waals surface area (Å²) < 4.78 is 7.95. The topological polar surface area (TPSA) is 78.9 Å². The van der Waals surface area contributed by atoms with Crippen molar-refractivity contribution in [1.29, 1.82) is 0 Å². The van der Waals surface area contributed by atoms with E-state index in [1.54, 1.807) is 0 Å². The van der Waals surface area contributed by atoms with Gasteiger partial charge in [0.25, 0.3) is 0 Å². The van der Waals surface area contributed by atoms with Crippen LogP contribution in [0.1, 0.15) is 45.6 Å². The molecule has 1 atom stereocenters. The van der Waals surface area contributed by atoms with E-state index in [1.165, 1.54) is 6.33 Å². The Labute approximate surface area is 176 Å². The zero-order chi connectivity index (χ0) is 20.9. The summed E-state index contributed by atoms with van der Waals surface area (Å²) in [6.45, 7) is 4.40. The van der Waals surface area contributed by atoms with Crippen molar-refractivity contribution in [2.45, 2.75) is 45.6 Å². The average Bonchev–Trinajstić information content (AvgIpc) is 3.17. The molecule has 0 amide bonds. The van der Waals surface area contributed by atoms with Gasteiger partial charge in [-0.2, -0.15) is 5.10 Å². The molecule has 0 saturated heterocycles. The lowest BCUT2D eigenvalue weighted by molar-refractivity contribution is 0.410. The molecular weight excluding hydrogens is 374 g/mol. The molecule has 0 aliphatic rings. The molecule has 2 aromatic carbocycles. The molecule has 0 fully saturated rings. The fourth-order valence-electron chi connectivity index (χ4n) is 3.70. The second kappa shape index (κ2) is 8.95. The van der Waals surface area contributed by atoms with Gasteiger partial charge in [0.05, 0.1) is 11.4 Å². The molecule has 0 saturated carbocycles. The molecule has 0 radical (unpaired) electrons. The van der Waals surface area contributed by atoms with Gasteiger partial charge in [-0.3, -0.25) is 0 Å². The van der Waals surface area contributed by atoms with E-state index in [4.69, 9.17) is 15.6 Å². The fraction of sp³-hybridized carbons (Fsp3) is 0.292. The number of unbranched alkanes of at least 4 members (excludes halogenated alkanes) is 1. The van der Waals surface area contributed by atoms with E-state index in [1.807, 2.05) is 59.3 Å². The van der Waals surface area contributed by atoms with Gasteiger partial charge >= 0.3 is 0 Å². The summed E-state index contributed by atoms with van der Waals surface area (Å²) in [6, 6.07) is 17.9. The lowest BCUT2D eigenvalue weighted by Gasteiger charge is -2.15. The maximum atomic E-state index is 6.25. The number of hydrogen-bond acceptors (Lipinski definition) is 5. The highest BCUT2D eigenvalue weighted by atomic mass is 16.5. The molecule has 4 rings (SSSR count). The Morgan fingerprint density at radius 1 is 0.967 bits per heavy atom. The molecule has 4 aromatic rings. The second-order valence-electron chi connectivity index (χ2n) is 7.39. The fourth-order valence-corrected chi connectivity index (χ4v) is 3.70. The first kappa shape index (κ1) is 19.9. The average molecular weight is 402 g/mol. The van der Waals surface area contributed by atoms with Crippen LogP contribution in [0.15, 0.2) is 60.9 Å². The quantitative estimate of drug-likeness (QED) is 0.391. The van der Waals surface area contributed by atoms with Crippen LogP contribution < -0.4 is 10.5 Å². The van der Waals surface area contributed by atoms with Crippen molar-refractivity contribution >= 4 is 16.9 Å². The van der Waals surface area contributed by atoms with Gasteiger partial charge in [-0.25, -0.2) is 14.6 Å². The minimum absolute atomic E-state index is 0.288. The summed E-state index contributed by atoms with van der Waals surface area (Å²) in [6.07, 6.45) is 5.88. The standard InChI is InChI=1S/C24H27N5O/c1-3-5-9-18(4-2)29-24-21(23(25)26-16-27-24)22(28-29)17-12-14-20(15-13-17)30-19-10-7-6-8-11-19/h6-8,10-16,18H,3-5,9H2,1-2H3,(H2,25,26,27)/t18-/m0/s1. The van der Waals surface area contributed by atoms with Crippen LogP contribution in [-0.4, -0.2) is 19.7 Å². The predicted octanol–water partition coefficient (Wildman–Crippen LogP) is 6.01. The highest BCUT2D eigenvalue weighted by molar-refractivity contribution is 5.98. The molecule has 2 N–H and O–H groups in total. The third-order valence-electron chi connectivity index (χ3n) is 5.33. The van der Waals surface area contributed by atoms with Gasteiger partial charge < -0.3 is 10.5 Å². The van der Waals surface area contributed by atoms with Gasteiger partial charge in [0.15, 0.2) is 5.65 Å². The molecule has 6 nitrogen and oxygen atoms in total. The molecule has 2 aromatic heterocycles. The van der Waals surface area contributed by atoms with Gasteiger partial charge in [-0.05, 0) is 49.2 Å². The normalized spacial score (nSPS) is 12.2. The number of benzene rings is 2. The van der Waals surface area contributed by atoms with Crippen LogP contribution in [0.5, 0.6) is 11.5 Å². The first-order chi connectivity index (χ1) is 14.7. The molecule has 30 heavy (non-hydrogen) atoms. The number of hydrogen-bond donors (Lipinski definition) is 1. The Morgan fingerprint density at radius 2 is 1.70 bits per heavy atom. The van der Waals surface area contributed by atoms with Crippen LogP contribution in [-0.2, 0) is 0 Å². The van der Waals surface area contributed by atoms with Crippen LogP contribution in [0.2, 0.25) is 0 Å². The number of fused-ring (bicyclic) bond motifs is 1. The Hall–Kier alpha value is -3.41. The molecule has 0 bridgehead atoms. The van der Waals surface area contributed by atoms with Crippen molar-refractivity contribution in [2.24, 2.45) is 0 Å². The first-order valence-corrected chi connectivity index (χ1v) is 10.5. The number of nitrogen functional groups attached to an aromatic ring is 1. The minimum Gasteiger partial charge on any atom is -0.457 e. The van der Waals surface area contributed by atoms with Crippen LogP contribution in [0.25, 0.3) is 22.3 Å². The van der Waals surface area contributed by atoms with Gasteiger partial charge in [0, 0.05) is 5.56 Å². The van der Waals surface area contributed by atoms with E-state index < -0.39 is 0 Å². The van der Waals surface area contributed by atoms with Gasteiger partial charge in [-0.1, -0.05) is 44.9 Å². The Morgan fingerprint density at radius 3 is 2.40 bits per heavy atom. The van der Waals surface area contributed by atoms with Crippen molar-refractivity contribution in [3.63, 3.8) is 0 Å². The summed E-state index contributed by atoms with van der Waals surface area (Å²) in [5.74, 6) is 2.03. The number of aromatic nitrogens is 4. The van der Waals surface area contributed by atoms with Gasteiger partial charge in [0.2, 0.25) is 0 Å². The molecule has 2 heterocycles. The van der Waals surface area contributed by atoms with E-state index in [9.17, 15) is 0 Å². The van der Waals surface area contributed by atoms with Crippen molar-refractivity contribution in [3.05, 3.63) is 60.9 Å². The Bertz CT molecular complexity index is 1110. The second-order valence-corrected chi connectivity index (χ2v) is 7.39. The number of nitrogens with two attached hydrogens (primary N) is 1. The molecule has 0 aliphatic carbocycles. The maximum absolute atomic E-state index is 6.25. The Kier molecular flexibility index (Phi) is 5.93. The smallest absolute Gasteiger partial charge is 0.164 e. The number of ether oxygens (including phenoxy) is 1. The summed E-state index contributed by atoms with van der Waals surface area (Å²) in [4.78, 5) is 8.74. The van der Waals surface area contributed by atoms with Gasteiger partial charge in [-0.15, -0.1) is 0 Å².